The van der Waals surface area contributed by atoms with Gasteiger partial charge in [-0.3, -0.25) is 4.79 Å². The average molecular weight is 314 g/mol. The molecule has 1 fully saturated rings. The topological polar surface area (TPSA) is 60.2 Å². The monoisotopic (exact) mass is 314 g/mol. The van der Waals surface area contributed by atoms with Crippen molar-refractivity contribution in [2.45, 2.75) is 26.3 Å². The number of likely N-dealkylation sites (tertiary alicyclic amines) is 1. The first-order valence-corrected chi connectivity index (χ1v) is 8.10. The Bertz CT molecular complexity index is 642. The number of piperidine rings is 1. The molecule has 6 heteroatoms. The summed E-state index contributed by atoms with van der Waals surface area (Å²) in [4.78, 5) is 23.0. The molecule has 0 aliphatic carbocycles. The predicted octanol–water partition coefficient (Wildman–Crippen LogP) is 2.23. The first-order chi connectivity index (χ1) is 11.3. The molecule has 0 aromatic carbocycles. The van der Waals surface area contributed by atoms with Gasteiger partial charge in [0.15, 0.2) is 0 Å². The van der Waals surface area contributed by atoms with E-state index in [-0.39, 0.29) is 5.91 Å². The summed E-state index contributed by atoms with van der Waals surface area (Å²) in [5.41, 5.74) is 0.553. The van der Waals surface area contributed by atoms with Crippen LogP contribution in [0.2, 0.25) is 0 Å². The molecule has 0 unspecified atom stereocenters. The summed E-state index contributed by atoms with van der Waals surface area (Å²) in [6, 6.07) is 3.57. The number of aromatic nitrogens is 3. The fourth-order valence-electron chi connectivity index (χ4n) is 3.07. The molecule has 2 aromatic heterocycles. The highest BCUT2D eigenvalue weighted by molar-refractivity contribution is 5.96. The second-order valence-electron chi connectivity index (χ2n) is 5.81. The highest BCUT2D eigenvalue weighted by atomic mass is 16.5. The zero-order valence-electron chi connectivity index (χ0n) is 13.4. The van der Waals surface area contributed by atoms with Gasteiger partial charge in [-0.2, -0.15) is 0 Å². The van der Waals surface area contributed by atoms with Gasteiger partial charge in [0.2, 0.25) is 5.88 Å². The lowest BCUT2D eigenvalue weighted by atomic mass is 9.97. The second-order valence-corrected chi connectivity index (χ2v) is 5.81. The van der Waals surface area contributed by atoms with Crippen molar-refractivity contribution in [1.82, 2.24) is 19.4 Å². The van der Waals surface area contributed by atoms with Crippen molar-refractivity contribution >= 4 is 5.91 Å². The summed E-state index contributed by atoms with van der Waals surface area (Å²) < 4.78 is 7.57. The lowest BCUT2D eigenvalue weighted by Gasteiger charge is -2.33. The van der Waals surface area contributed by atoms with E-state index in [0.29, 0.717) is 24.0 Å². The van der Waals surface area contributed by atoms with Crippen LogP contribution in [0.25, 0.3) is 0 Å². The van der Waals surface area contributed by atoms with Gasteiger partial charge in [0.05, 0.1) is 12.9 Å². The van der Waals surface area contributed by atoms with Crippen LogP contribution in [0.5, 0.6) is 5.88 Å². The molecule has 0 N–H and O–H groups in total. The van der Waals surface area contributed by atoms with E-state index in [4.69, 9.17) is 4.74 Å². The van der Waals surface area contributed by atoms with Crippen LogP contribution in [0.4, 0.5) is 0 Å². The van der Waals surface area contributed by atoms with Crippen LogP contribution in [-0.4, -0.2) is 45.0 Å². The van der Waals surface area contributed by atoms with Crippen LogP contribution >= 0.6 is 0 Å². The summed E-state index contributed by atoms with van der Waals surface area (Å²) in [5, 5.41) is 0. The molecule has 122 valence electrons. The maximum atomic E-state index is 12.8. The van der Waals surface area contributed by atoms with E-state index in [1.165, 1.54) is 0 Å². The van der Waals surface area contributed by atoms with Crippen molar-refractivity contribution in [1.29, 1.82) is 0 Å². The fraction of sp³-hybridized carbons (Fsp3) is 0.471. The first-order valence-electron chi connectivity index (χ1n) is 8.10. The molecule has 23 heavy (non-hydrogen) atoms. The summed E-state index contributed by atoms with van der Waals surface area (Å²) in [5.74, 6) is 0.891. The Morgan fingerprint density at radius 3 is 3.13 bits per heavy atom. The fourth-order valence-corrected chi connectivity index (χ4v) is 3.07. The number of imidazole rings is 1. The summed E-state index contributed by atoms with van der Waals surface area (Å²) in [6.07, 6.45) is 9.39. The Hall–Kier alpha value is -2.37. The van der Waals surface area contributed by atoms with Crippen molar-refractivity contribution in [2.75, 3.05) is 19.7 Å². The molecular weight excluding hydrogens is 292 g/mol. The number of carbonyl (C=O) groups is 1. The van der Waals surface area contributed by atoms with Crippen LogP contribution in [0.1, 0.15) is 30.1 Å². The number of amides is 1. The minimum absolute atomic E-state index is 0.0110. The Kier molecular flexibility index (Phi) is 4.90. The molecule has 1 amide bonds. The van der Waals surface area contributed by atoms with E-state index in [9.17, 15) is 4.79 Å². The molecule has 1 atom stereocenters. The van der Waals surface area contributed by atoms with Crippen molar-refractivity contribution in [3.05, 3.63) is 42.6 Å². The number of hydrogen-bond donors (Lipinski definition) is 0. The van der Waals surface area contributed by atoms with E-state index >= 15 is 0 Å². The standard InChI is InChI=1S/C17H22N4O2/c1-2-23-16-15(6-3-7-19-16)17(22)21-9-4-5-14(12-21)11-20-10-8-18-13-20/h3,6-8,10,13-14H,2,4-5,9,11-12H2,1H3/t14-/m1/s1. The summed E-state index contributed by atoms with van der Waals surface area (Å²) >= 11 is 0. The first kappa shape index (κ1) is 15.5. The molecule has 0 spiro atoms. The van der Waals surface area contributed by atoms with Crippen LogP contribution in [0.15, 0.2) is 37.1 Å². The maximum Gasteiger partial charge on any atom is 0.259 e. The highest BCUT2D eigenvalue weighted by Crippen LogP contribution is 2.23. The van der Waals surface area contributed by atoms with Crippen LogP contribution in [0.3, 0.4) is 0 Å². The zero-order chi connectivity index (χ0) is 16.1. The molecule has 1 saturated heterocycles. The number of nitrogens with zero attached hydrogens (tertiary/aromatic N) is 4. The third-order valence-corrected chi connectivity index (χ3v) is 4.12. The smallest absolute Gasteiger partial charge is 0.259 e. The van der Waals surface area contributed by atoms with E-state index < -0.39 is 0 Å². The van der Waals surface area contributed by atoms with Crippen LogP contribution in [-0.2, 0) is 6.54 Å². The van der Waals surface area contributed by atoms with Gasteiger partial charge in [0.1, 0.15) is 5.56 Å². The molecule has 2 aromatic rings. The van der Waals surface area contributed by atoms with Gasteiger partial charge in [-0.15, -0.1) is 0 Å². The second kappa shape index (κ2) is 7.26. The lowest BCUT2D eigenvalue weighted by Crippen LogP contribution is -2.41. The number of rotatable bonds is 5. The highest BCUT2D eigenvalue weighted by Gasteiger charge is 2.26. The molecule has 0 bridgehead atoms. The average Bonchev–Trinajstić information content (AvgIpc) is 3.08. The number of ether oxygens (including phenoxy) is 1. The van der Waals surface area contributed by atoms with Crippen LogP contribution in [0, 0.1) is 5.92 Å². The van der Waals surface area contributed by atoms with E-state index in [1.54, 1.807) is 24.5 Å². The number of carbonyl (C=O) groups excluding carboxylic acids is 1. The Balaban J connectivity index is 1.69. The third-order valence-electron chi connectivity index (χ3n) is 4.12. The SMILES string of the molecule is CCOc1ncccc1C(=O)N1CCC[C@H](Cn2ccnc2)C1. The molecule has 3 heterocycles. The van der Waals surface area contributed by atoms with Crippen LogP contribution < -0.4 is 4.74 Å². The Labute approximate surface area is 136 Å². The molecule has 6 nitrogen and oxygen atoms in total. The van der Waals surface area contributed by atoms with Crippen molar-refractivity contribution < 1.29 is 9.53 Å². The summed E-state index contributed by atoms with van der Waals surface area (Å²) in [6.45, 7) is 4.85. The minimum atomic E-state index is 0.0110. The van der Waals surface area contributed by atoms with Gasteiger partial charge in [-0.25, -0.2) is 9.97 Å². The van der Waals surface area contributed by atoms with Gasteiger partial charge in [0.25, 0.3) is 5.91 Å². The quantitative estimate of drug-likeness (QED) is 0.849. The Morgan fingerprint density at radius 1 is 1.43 bits per heavy atom. The maximum absolute atomic E-state index is 12.8. The number of pyridine rings is 1. The molecule has 1 aliphatic rings. The third kappa shape index (κ3) is 3.70. The van der Waals surface area contributed by atoms with E-state index in [0.717, 1.165) is 32.5 Å². The van der Waals surface area contributed by atoms with Gasteiger partial charge in [0, 0.05) is 38.2 Å². The van der Waals surface area contributed by atoms with Crippen molar-refractivity contribution in [3.63, 3.8) is 0 Å². The zero-order valence-corrected chi connectivity index (χ0v) is 13.4. The van der Waals surface area contributed by atoms with E-state index in [2.05, 4.69) is 14.5 Å². The summed E-state index contributed by atoms with van der Waals surface area (Å²) in [7, 11) is 0. The lowest BCUT2D eigenvalue weighted by molar-refractivity contribution is 0.0657. The largest absolute Gasteiger partial charge is 0.477 e. The molecular formula is C17H22N4O2. The Morgan fingerprint density at radius 2 is 2.35 bits per heavy atom. The molecule has 1 aliphatic heterocycles. The van der Waals surface area contributed by atoms with Gasteiger partial charge >= 0.3 is 0 Å². The van der Waals surface area contributed by atoms with Gasteiger partial charge < -0.3 is 14.2 Å². The molecule has 0 radical (unpaired) electrons. The van der Waals surface area contributed by atoms with Gasteiger partial charge in [-0.1, -0.05) is 0 Å². The predicted molar refractivity (Wildman–Crippen MR) is 86.3 cm³/mol. The normalized spacial score (nSPS) is 18.0. The van der Waals surface area contributed by atoms with Crippen molar-refractivity contribution in [3.8, 4) is 5.88 Å². The van der Waals surface area contributed by atoms with Gasteiger partial charge in [-0.05, 0) is 37.8 Å². The van der Waals surface area contributed by atoms with Crippen molar-refractivity contribution in [2.24, 2.45) is 5.92 Å². The minimum Gasteiger partial charge on any atom is -0.477 e. The number of hydrogen-bond acceptors (Lipinski definition) is 4. The molecule has 3 rings (SSSR count). The molecule has 0 saturated carbocycles. The van der Waals surface area contributed by atoms with E-state index in [1.807, 2.05) is 24.3 Å².